The Balaban J connectivity index is 1.60. The zero-order chi connectivity index (χ0) is 14.1. The number of hydrogen-bond donors (Lipinski definition) is 1. The second-order valence-corrected chi connectivity index (χ2v) is 6.30. The molecule has 0 aromatic rings. The minimum atomic E-state index is -0.0452. The van der Waals surface area contributed by atoms with E-state index in [0.717, 1.165) is 31.6 Å². The Hall–Kier alpha value is -1.10. The molecule has 1 aliphatic heterocycles. The normalized spacial score (nSPS) is 36.6. The van der Waals surface area contributed by atoms with E-state index in [2.05, 4.69) is 10.1 Å². The van der Waals surface area contributed by atoms with Crippen molar-refractivity contribution in [1.29, 1.82) is 0 Å². The van der Waals surface area contributed by atoms with Gasteiger partial charge in [0.15, 0.2) is 0 Å². The molecule has 20 heavy (non-hydrogen) atoms. The van der Waals surface area contributed by atoms with Crippen LogP contribution in [-0.2, 0) is 9.53 Å². The number of nitrogens with zero attached hydrogens (tertiary/aromatic N) is 2. The zero-order valence-corrected chi connectivity index (χ0v) is 12.1. The number of carbonyl (C=O) groups excluding carboxylic acids is 1. The first kappa shape index (κ1) is 13.9. The molecule has 1 saturated heterocycles. The summed E-state index contributed by atoms with van der Waals surface area (Å²) < 4.78 is 5.11. The highest BCUT2D eigenvalue weighted by atomic mass is 16.5. The van der Waals surface area contributed by atoms with Crippen LogP contribution in [0, 0.1) is 17.8 Å². The first-order valence-corrected chi connectivity index (χ1v) is 7.87. The summed E-state index contributed by atoms with van der Waals surface area (Å²) in [6.07, 6.45) is 5.35. The van der Waals surface area contributed by atoms with E-state index in [1.165, 1.54) is 19.3 Å². The third-order valence-corrected chi connectivity index (χ3v) is 5.30. The second-order valence-electron chi connectivity index (χ2n) is 6.30. The Morgan fingerprint density at radius 3 is 2.75 bits per heavy atom. The topological polar surface area (TPSA) is 62.1 Å². The third-order valence-electron chi connectivity index (χ3n) is 5.30. The van der Waals surface area contributed by atoms with Crippen LogP contribution < -0.4 is 0 Å². The van der Waals surface area contributed by atoms with Crippen LogP contribution in [0.2, 0.25) is 0 Å². The lowest BCUT2D eigenvalue weighted by molar-refractivity contribution is -0.149. The van der Waals surface area contributed by atoms with Gasteiger partial charge in [0.25, 0.3) is 0 Å². The summed E-state index contributed by atoms with van der Waals surface area (Å²) in [4.78, 5) is 14.2. The van der Waals surface area contributed by atoms with E-state index in [0.29, 0.717) is 24.5 Å². The van der Waals surface area contributed by atoms with E-state index < -0.39 is 0 Å². The molecule has 0 spiro atoms. The highest BCUT2D eigenvalue weighted by Gasteiger charge is 2.48. The van der Waals surface area contributed by atoms with Gasteiger partial charge in [0.2, 0.25) is 0 Å². The van der Waals surface area contributed by atoms with Crippen molar-refractivity contribution in [3.8, 4) is 0 Å². The van der Waals surface area contributed by atoms with Gasteiger partial charge in [0.05, 0.1) is 24.3 Å². The number of ether oxygens (including phenoxy) is 1. The molecule has 3 rings (SSSR count). The standard InChI is InChI=1S/C15H24N2O3/c1-2-20-15(18)10-5-7-17(8-6-10)14-12-4-3-11(9-12)13(14)16-19/h10-12,14,19H,2-9H2,1H3/b16-13-/t11-,12-,14+/m0/s1. The van der Waals surface area contributed by atoms with Gasteiger partial charge < -0.3 is 9.94 Å². The maximum Gasteiger partial charge on any atom is 0.309 e. The number of fused-ring (bicyclic) bond motifs is 2. The second kappa shape index (κ2) is 5.72. The molecule has 0 amide bonds. The minimum absolute atomic E-state index is 0.0452. The number of hydrogen-bond acceptors (Lipinski definition) is 5. The van der Waals surface area contributed by atoms with Gasteiger partial charge in [-0.15, -0.1) is 0 Å². The van der Waals surface area contributed by atoms with Crippen molar-refractivity contribution in [2.24, 2.45) is 22.9 Å². The van der Waals surface area contributed by atoms with E-state index in [4.69, 9.17) is 4.74 Å². The van der Waals surface area contributed by atoms with E-state index in [1.807, 2.05) is 6.92 Å². The number of esters is 1. The van der Waals surface area contributed by atoms with Crippen LogP contribution in [0.4, 0.5) is 0 Å². The predicted octanol–water partition coefficient (Wildman–Crippen LogP) is 1.89. The number of rotatable bonds is 3. The molecule has 5 nitrogen and oxygen atoms in total. The minimum Gasteiger partial charge on any atom is -0.466 e. The van der Waals surface area contributed by atoms with Crippen LogP contribution in [0.5, 0.6) is 0 Å². The fraction of sp³-hybridized carbons (Fsp3) is 0.867. The quantitative estimate of drug-likeness (QED) is 0.487. The molecule has 5 heteroatoms. The van der Waals surface area contributed by atoms with Crippen molar-refractivity contribution >= 4 is 11.7 Å². The van der Waals surface area contributed by atoms with Crippen LogP contribution in [0.15, 0.2) is 5.16 Å². The number of oxime groups is 1. The summed E-state index contributed by atoms with van der Waals surface area (Å²) in [6.45, 7) is 4.14. The molecule has 2 bridgehead atoms. The van der Waals surface area contributed by atoms with E-state index in [9.17, 15) is 10.0 Å². The molecule has 2 aliphatic carbocycles. The Kier molecular flexibility index (Phi) is 3.96. The van der Waals surface area contributed by atoms with Crippen molar-refractivity contribution in [3.05, 3.63) is 0 Å². The first-order chi connectivity index (χ1) is 9.74. The van der Waals surface area contributed by atoms with Gasteiger partial charge in [-0.25, -0.2) is 0 Å². The van der Waals surface area contributed by atoms with Gasteiger partial charge in [-0.2, -0.15) is 0 Å². The maximum atomic E-state index is 11.8. The van der Waals surface area contributed by atoms with Gasteiger partial charge in [-0.05, 0) is 58.0 Å². The van der Waals surface area contributed by atoms with Crippen LogP contribution in [0.25, 0.3) is 0 Å². The van der Waals surface area contributed by atoms with Crippen LogP contribution in [-0.4, -0.2) is 47.5 Å². The smallest absolute Gasteiger partial charge is 0.309 e. The maximum absolute atomic E-state index is 11.8. The zero-order valence-electron chi connectivity index (χ0n) is 12.1. The lowest BCUT2D eigenvalue weighted by Gasteiger charge is -2.39. The van der Waals surface area contributed by atoms with Crippen molar-refractivity contribution in [3.63, 3.8) is 0 Å². The Bertz CT molecular complexity index is 402. The molecule has 0 unspecified atom stereocenters. The first-order valence-electron chi connectivity index (χ1n) is 7.87. The van der Waals surface area contributed by atoms with E-state index in [-0.39, 0.29) is 11.9 Å². The molecular formula is C15H24N2O3. The lowest BCUT2D eigenvalue weighted by atomic mass is 9.88. The number of piperidine rings is 1. The van der Waals surface area contributed by atoms with E-state index in [1.54, 1.807) is 0 Å². The van der Waals surface area contributed by atoms with Crippen LogP contribution in [0.1, 0.15) is 39.0 Å². The molecule has 1 heterocycles. The molecule has 0 radical (unpaired) electrons. The molecule has 0 aromatic heterocycles. The van der Waals surface area contributed by atoms with Gasteiger partial charge in [0, 0.05) is 5.92 Å². The summed E-state index contributed by atoms with van der Waals surface area (Å²) in [5.74, 6) is 1.17. The van der Waals surface area contributed by atoms with Crippen molar-refractivity contribution < 1.29 is 14.7 Å². The highest BCUT2D eigenvalue weighted by Crippen LogP contribution is 2.45. The number of likely N-dealkylation sites (tertiary alicyclic amines) is 1. The van der Waals surface area contributed by atoms with Gasteiger partial charge in [-0.3, -0.25) is 9.69 Å². The van der Waals surface area contributed by atoms with E-state index >= 15 is 0 Å². The molecule has 0 aromatic carbocycles. The van der Waals surface area contributed by atoms with Crippen molar-refractivity contribution in [2.45, 2.75) is 45.1 Å². The summed E-state index contributed by atoms with van der Waals surface area (Å²) in [6, 6.07) is 0.321. The molecule has 1 N–H and O–H groups in total. The molecule has 112 valence electrons. The Labute approximate surface area is 120 Å². The SMILES string of the molecule is CCOC(=O)C1CCN([C@H]2/C(=N\O)[C@H]3CC[C@H]2C3)CC1. The number of carbonyl (C=O) groups is 1. The molecule has 3 aliphatic rings. The monoisotopic (exact) mass is 280 g/mol. The molecule has 2 saturated carbocycles. The van der Waals surface area contributed by atoms with Gasteiger partial charge in [0.1, 0.15) is 0 Å². The highest BCUT2D eigenvalue weighted by molar-refractivity contribution is 5.94. The third kappa shape index (κ3) is 2.32. The summed E-state index contributed by atoms with van der Waals surface area (Å²) in [5.41, 5.74) is 0.996. The average Bonchev–Trinajstić information content (AvgIpc) is 3.08. The Morgan fingerprint density at radius 1 is 1.35 bits per heavy atom. The van der Waals surface area contributed by atoms with Crippen LogP contribution in [0.3, 0.4) is 0 Å². The van der Waals surface area contributed by atoms with Crippen LogP contribution >= 0.6 is 0 Å². The summed E-state index contributed by atoms with van der Waals surface area (Å²) >= 11 is 0. The lowest BCUT2D eigenvalue weighted by Crippen LogP contribution is -2.49. The molecule has 3 atom stereocenters. The Morgan fingerprint density at radius 2 is 2.10 bits per heavy atom. The molecular weight excluding hydrogens is 256 g/mol. The summed E-state index contributed by atoms with van der Waals surface area (Å²) in [7, 11) is 0. The fourth-order valence-electron chi connectivity index (χ4n) is 4.35. The molecule has 3 fully saturated rings. The predicted molar refractivity (Wildman–Crippen MR) is 74.8 cm³/mol. The van der Waals surface area contributed by atoms with Gasteiger partial charge in [-0.1, -0.05) is 5.16 Å². The summed E-state index contributed by atoms with van der Waals surface area (Å²) in [5, 5.41) is 12.9. The largest absolute Gasteiger partial charge is 0.466 e. The fourth-order valence-corrected chi connectivity index (χ4v) is 4.35. The van der Waals surface area contributed by atoms with Crippen molar-refractivity contribution in [2.75, 3.05) is 19.7 Å². The average molecular weight is 280 g/mol. The van der Waals surface area contributed by atoms with Gasteiger partial charge >= 0.3 is 5.97 Å². The van der Waals surface area contributed by atoms with Crippen molar-refractivity contribution in [1.82, 2.24) is 4.90 Å².